The molecule has 2 aromatic rings. The van der Waals surface area contributed by atoms with Gasteiger partial charge in [0.25, 0.3) is 0 Å². The van der Waals surface area contributed by atoms with Gasteiger partial charge in [-0.2, -0.15) is 0 Å². The average molecular weight is 231 g/mol. The Bertz CT molecular complexity index is 506. The maximum absolute atomic E-state index is 5.66. The predicted octanol–water partition coefficient (Wildman–Crippen LogP) is 3.37. The Morgan fingerprint density at radius 2 is 2.25 bits per heavy atom. The Hall–Kier alpha value is -1.35. The minimum atomic E-state index is 0.420. The molecule has 82 valence electrons. The van der Waals surface area contributed by atoms with E-state index in [1.54, 1.807) is 11.3 Å². The van der Waals surface area contributed by atoms with E-state index in [9.17, 15) is 0 Å². The fourth-order valence-electron chi connectivity index (χ4n) is 2.13. The van der Waals surface area contributed by atoms with Crippen molar-refractivity contribution in [2.75, 3.05) is 6.61 Å². The predicted molar refractivity (Wildman–Crippen MR) is 65.2 cm³/mol. The second-order valence-corrected chi connectivity index (χ2v) is 4.94. The zero-order chi connectivity index (χ0) is 11.0. The summed E-state index contributed by atoms with van der Waals surface area (Å²) in [5.41, 5.74) is 2.40. The van der Waals surface area contributed by atoms with Crippen LogP contribution in [0.3, 0.4) is 0 Å². The van der Waals surface area contributed by atoms with Gasteiger partial charge in [0.15, 0.2) is 0 Å². The van der Waals surface area contributed by atoms with Gasteiger partial charge in [-0.05, 0) is 19.4 Å². The molecule has 0 saturated heterocycles. The van der Waals surface area contributed by atoms with Gasteiger partial charge in [0.05, 0.1) is 6.61 Å². The highest BCUT2D eigenvalue weighted by Gasteiger charge is 2.24. The van der Waals surface area contributed by atoms with Crippen molar-refractivity contribution in [3.8, 4) is 5.75 Å². The van der Waals surface area contributed by atoms with Crippen LogP contribution in [0.2, 0.25) is 0 Å². The third kappa shape index (κ3) is 1.61. The quantitative estimate of drug-likeness (QED) is 0.750. The van der Waals surface area contributed by atoms with Gasteiger partial charge in [-0.3, -0.25) is 0 Å². The van der Waals surface area contributed by atoms with Crippen LogP contribution in [0, 0.1) is 6.92 Å². The van der Waals surface area contributed by atoms with E-state index in [1.807, 2.05) is 19.1 Å². The second-order valence-electron chi connectivity index (χ2n) is 4.05. The van der Waals surface area contributed by atoms with Crippen LogP contribution >= 0.6 is 11.3 Å². The van der Waals surface area contributed by atoms with Gasteiger partial charge < -0.3 is 4.74 Å². The Morgan fingerprint density at radius 1 is 1.38 bits per heavy atom. The molecule has 1 aliphatic rings. The van der Waals surface area contributed by atoms with Crippen molar-refractivity contribution < 1.29 is 4.74 Å². The molecule has 0 fully saturated rings. The van der Waals surface area contributed by atoms with E-state index in [1.165, 1.54) is 10.6 Å². The lowest BCUT2D eigenvalue weighted by Crippen LogP contribution is -2.14. The van der Waals surface area contributed by atoms with Gasteiger partial charge in [-0.15, -0.1) is 11.3 Å². The fourth-order valence-corrected chi connectivity index (χ4v) is 3.08. The van der Waals surface area contributed by atoms with E-state index in [2.05, 4.69) is 22.5 Å². The van der Waals surface area contributed by atoms with Gasteiger partial charge in [0.2, 0.25) is 0 Å². The summed E-state index contributed by atoms with van der Waals surface area (Å²) in [6, 6.07) is 8.28. The molecule has 0 aliphatic carbocycles. The molecule has 0 amide bonds. The molecule has 1 atom stereocenters. The highest BCUT2D eigenvalue weighted by molar-refractivity contribution is 7.09. The van der Waals surface area contributed by atoms with Crippen molar-refractivity contribution in [2.45, 2.75) is 19.3 Å². The minimum absolute atomic E-state index is 0.420. The molecule has 0 N–H and O–H groups in total. The van der Waals surface area contributed by atoms with Gasteiger partial charge in [0, 0.05) is 22.6 Å². The Morgan fingerprint density at radius 3 is 3.06 bits per heavy atom. The first-order valence-electron chi connectivity index (χ1n) is 5.48. The summed E-state index contributed by atoms with van der Waals surface area (Å²) in [5.74, 6) is 1.44. The smallest absolute Gasteiger partial charge is 0.123 e. The third-order valence-corrected chi connectivity index (χ3v) is 3.97. The van der Waals surface area contributed by atoms with Crippen LogP contribution in [0.15, 0.2) is 29.6 Å². The first-order valence-corrected chi connectivity index (χ1v) is 6.36. The summed E-state index contributed by atoms with van der Waals surface area (Å²) >= 11 is 1.75. The van der Waals surface area contributed by atoms with Crippen LogP contribution in [0.5, 0.6) is 5.75 Å². The molecule has 2 nitrogen and oxygen atoms in total. The van der Waals surface area contributed by atoms with E-state index in [-0.39, 0.29) is 0 Å². The lowest BCUT2D eigenvalue weighted by Gasteiger charge is -2.24. The van der Waals surface area contributed by atoms with E-state index >= 15 is 0 Å². The maximum atomic E-state index is 5.66. The summed E-state index contributed by atoms with van der Waals surface area (Å²) < 4.78 is 5.66. The van der Waals surface area contributed by atoms with Crippen molar-refractivity contribution >= 4 is 11.3 Å². The average Bonchev–Trinajstić information content (AvgIpc) is 2.75. The fraction of sp³-hybridized carbons (Fsp3) is 0.308. The number of thiazole rings is 1. The Kier molecular flexibility index (Phi) is 2.40. The van der Waals surface area contributed by atoms with Crippen LogP contribution in [0.1, 0.15) is 28.6 Å². The van der Waals surface area contributed by atoms with E-state index < -0.39 is 0 Å². The number of benzene rings is 1. The number of rotatable bonds is 1. The molecule has 3 heteroatoms. The van der Waals surface area contributed by atoms with Crippen LogP contribution in [-0.2, 0) is 0 Å². The first-order chi connectivity index (χ1) is 7.84. The molecule has 16 heavy (non-hydrogen) atoms. The molecule has 0 spiro atoms. The zero-order valence-corrected chi connectivity index (χ0v) is 9.96. The SMILES string of the molecule is Cc1csc(C2CCOc3ccccc32)n1. The van der Waals surface area contributed by atoms with E-state index in [4.69, 9.17) is 4.74 Å². The van der Waals surface area contributed by atoms with Crippen molar-refractivity contribution in [1.29, 1.82) is 0 Å². The van der Waals surface area contributed by atoms with Gasteiger partial charge in [-0.25, -0.2) is 4.98 Å². The standard InChI is InChI=1S/C13H13NOS/c1-9-8-16-13(14-9)11-6-7-15-12-5-3-2-4-10(11)12/h2-5,8,11H,6-7H2,1H3. The van der Waals surface area contributed by atoms with Crippen LogP contribution in [0.4, 0.5) is 0 Å². The number of para-hydroxylation sites is 1. The van der Waals surface area contributed by atoms with Gasteiger partial charge >= 0.3 is 0 Å². The highest BCUT2D eigenvalue weighted by Crippen LogP contribution is 2.38. The van der Waals surface area contributed by atoms with Crippen LogP contribution < -0.4 is 4.74 Å². The molecule has 3 rings (SSSR count). The summed E-state index contributed by atoms with van der Waals surface area (Å²) in [7, 11) is 0. The topological polar surface area (TPSA) is 22.1 Å². The second kappa shape index (κ2) is 3.91. The summed E-state index contributed by atoms with van der Waals surface area (Å²) in [6.07, 6.45) is 1.03. The largest absolute Gasteiger partial charge is 0.493 e. The zero-order valence-electron chi connectivity index (χ0n) is 9.14. The summed E-state index contributed by atoms with van der Waals surface area (Å²) in [4.78, 5) is 4.60. The molecule has 2 heterocycles. The number of fused-ring (bicyclic) bond motifs is 1. The van der Waals surface area contributed by atoms with E-state index in [0.29, 0.717) is 5.92 Å². The number of nitrogens with zero attached hydrogens (tertiary/aromatic N) is 1. The number of hydrogen-bond acceptors (Lipinski definition) is 3. The lowest BCUT2D eigenvalue weighted by atomic mass is 9.94. The molecule has 0 radical (unpaired) electrons. The summed E-state index contributed by atoms with van der Waals surface area (Å²) in [6.45, 7) is 2.84. The van der Waals surface area contributed by atoms with Crippen molar-refractivity contribution in [3.05, 3.63) is 45.9 Å². The molecule has 0 saturated carbocycles. The summed E-state index contributed by atoms with van der Waals surface area (Å²) in [5, 5.41) is 3.33. The molecule has 1 aromatic heterocycles. The van der Waals surface area contributed by atoms with Gasteiger partial charge in [-0.1, -0.05) is 18.2 Å². The third-order valence-electron chi connectivity index (χ3n) is 2.89. The number of aromatic nitrogens is 1. The van der Waals surface area contributed by atoms with Crippen molar-refractivity contribution in [3.63, 3.8) is 0 Å². The van der Waals surface area contributed by atoms with Crippen LogP contribution in [0.25, 0.3) is 0 Å². The highest BCUT2D eigenvalue weighted by atomic mass is 32.1. The Balaban J connectivity index is 2.04. The van der Waals surface area contributed by atoms with Gasteiger partial charge in [0.1, 0.15) is 10.8 Å². The maximum Gasteiger partial charge on any atom is 0.123 e. The van der Waals surface area contributed by atoms with Crippen molar-refractivity contribution in [2.24, 2.45) is 0 Å². The lowest BCUT2D eigenvalue weighted by molar-refractivity contribution is 0.277. The number of ether oxygens (including phenoxy) is 1. The first kappa shape index (κ1) is 9.85. The molecule has 1 aliphatic heterocycles. The normalized spacial score (nSPS) is 18.9. The van der Waals surface area contributed by atoms with Crippen molar-refractivity contribution in [1.82, 2.24) is 4.98 Å². The number of hydrogen-bond donors (Lipinski definition) is 0. The van der Waals surface area contributed by atoms with E-state index in [0.717, 1.165) is 24.5 Å². The minimum Gasteiger partial charge on any atom is -0.493 e. The molecular weight excluding hydrogens is 218 g/mol. The monoisotopic (exact) mass is 231 g/mol. The molecular formula is C13H13NOS. The molecule has 1 unspecified atom stereocenters. The van der Waals surface area contributed by atoms with Crippen LogP contribution in [-0.4, -0.2) is 11.6 Å². The number of aryl methyl sites for hydroxylation is 1. The molecule has 1 aromatic carbocycles. The molecule has 0 bridgehead atoms. The Labute approximate surface area is 98.9 Å².